The molecule has 1 aromatic heterocycles. The number of hydrogen-bond donors (Lipinski definition) is 3. The molecule has 24 heavy (non-hydrogen) atoms. The number of nitrogens with one attached hydrogen (secondary N) is 3. The van der Waals surface area contributed by atoms with Gasteiger partial charge in [0.25, 0.3) is 0 Å². The Balaban J connectivity index is 0.000000203. The van der Waals surface area contributed by atoms with E-state index in [1.54, 1.807) is 7.05 Å². The monoisotopic (exact) mass is 341 g/mol. The summed E-state index contributed by atoms with van der Waals surface area (Å²) in [6.45, 7) is 0.724. The van der Waals surface area contributed by atoms with Gasteiger partial charge in [0.2, 0.25) is 5.91 Å². The molecule has 0 saturated carbocycles. The summed E-state index contributed by atoms with van der Waals surface area (Å²) in [5, 5.41) is 7.97. The van der Waals surface area contributed by atoms with Crippen molar-refractivity contribution in [1.29, 1.82) is 0 Å². The number of carbonyl (C=O) groups is 1. The van der Waals surface area contributed by atoms with E-state index in [4.69, 9.17) is 11.6 Å². The SMILES string of the molecule is CNC(=O)C1Cc2c([nH]c3ccccc23)CN1.Clc1ccccc1. The maximum atomic E-state index is 11.7. The molecule has 3 N–H and O–H groups in total. The molecule has 0 saturated heterocycles. The van der Waals surface area contributed by atoms with Crippen LogP contribution >= 0.6 is 11.6 Å². The van der Waals surface area contributed by atoms with Crippen LogP contribution in [0.2, 0.25) is 5.02 Å². The van der Waals surface area contributed by atoms with Crippen LogP contribution in [0, 0.1) is 0 Å². The number of H-pyrrole nitrogens is 1. The lowest BCUT2D eigenvalue weighted by molar-refractivity contribution is -0.122. The minimum atomic E-state index is -0.119. The second kappa shape index (κ2) is 7.51. The molecule has 4 nitrogen and oxygen atoms in total. The van der Waals surface area contributed by atoms with Gasteiger partial charge in [-0.05, 0) is 30.2 Å². The molecule has 0 bridgehead atoms. The third kappa shape index (κ3) is 3.61. The molecule has 124 valence electrons. The molecule has 1 atom stereocenters. The second-order valence-electron chi connectivity index (χ2n) is 5.68. The summed E-state index contributed by atoms with van der Waals surface area (Å²) >= 11 is 5.54. The maximum Gasteiger partial charge on any atom is 0.237 e. The van der Waals surface area contributed by atoms with Gasteiger partial charge >= 0.3 is 0 Å². The lowest BCUT2D eigenvalue weighted by Crippen LogP contribution is -2.46. The number of aromatic nitrogens is 1. The molecule has 4 rings (SSSR count). The van der Waals surface area contributed by atoms with Crippen molar-refractivity contribution >= 4 is 28.4 Å². The first-order valence-electron chi connectivity index (χ1n) is 7.93. The lowest BCUT2D eigenvalue weighted by atomic mass is 9.98. The largest absolute Gasteiger partial charge is 0.358 e. The number of hydrogen-bond acceptors (Lipinski definition) is 2. The molecular formula is C19H20ClN3O. The number of aromatic amines is 1. The second-order valence-corrected chi connectivity index (χ2v) is 6.11. The standard InChI is InChI=1S/C13H15N3O.C6H5Cl/c1-14-13(17)11-6-9-8-4-2-3-5-10(8)16-12(9)7-15-11;7-6-4-2-1-3-5-6/h2-5,11,15-16H,6-7H2,1H3,(H,14,17);1-5H. The third-order valence-electron chi connectivity index (χ3n) is 4.13. The minimum absolute atomic E-state index is 0.0564. The van der Waals surface area contributed by atoms with Crippen LogP contribution in [0.4, 0.5) is 0 Å². The van der Waals surface area contributed by atoms with Gasteiger partial charge in [0.1, 0.15) is 0 Å². The Hall–Kier alpha value is -2.30. The van der Waals surface area contributed by atoms with Gasteiger partial charge in [0, 0.05) is 35.2 Å². The molecule has 5 heteroatoms. The fourth-order valence-corrected chi connectivity index (χ4v) is 3.06. The zero-order valence-corrected chi connectivity index (χ0v) is 14.2. The van der Waals surface area contributed by atoms with Crippen LogP contribution in [0.5, 0.6) is 0 Å². The number of halogens is 1. The lowest BCUT2D eigenvalue weighted by Gasteiger charge is -2.22. The van der Waals surface area contributed by atoms with Crippen molar-refractivity contribution in [3.05, 3.63) is 70.9 Å². The predicted octanol–water partition coefficient (Wildman–Crippen LogP) is 3.27. The quantitative estimate of drug-likeness (QED) is 0.636. The number of likely N-dealkylation sites (N-methyl/N-ethyl adjacent to an activating group) is 1. The van der Waals surface area contributed by atoms with Crippen LogP contribution in [0.15, 0.2) is 54.6 Å². The zero-order valence-electron chi connectivity index (χ0n) is 13.5. The topological polar surface area (TPSA) is 56.9 Å². The van der Waals surface area contributed by atoms with Crippen LogP contribution in [-0.2, 0) is 17.8 Å². The van der Waals surface area contributed by atoms with Crippen molar-refractivity contribution in [2.45, 2.75) is 19.0 Å². The van der Waals surface area contributed by atoms with Gasteiger partial charge in [-0.1, -0.05) is 48.0 Å². The highest BCUT2D eigenvalue weighted by molar-refractivity contribution is 6.30. The van der Waals surface area contributed by atoms with Gasteiger partial charge in [0.15, 0.2) is 0 Å². The number of fused-ring (bicyclic) bond motifs is 3. The van der Waals surface area contributed by atoms with Crippen LogP contribution < -0.4 is 10.6 Å². The smallest absolute Gasteiger partial charge is 0.237 e. The first-order valence-corrected chi connectivity index (χ1v) is 8.31. The van der Waals surface area contributed by atoms with Crippen molar-refractivity contribution in [2.75, 3.05) is 7.05 Å². The molecule has 3 aromatic rings. The average molecular weight is 342 g/mol. The minimum Gasteiger partial charge on any atom is -0.358 e. The Kier molecular flexibility index (Phi) is 5.18. The van der Waals surface area contributed by atoms with Crippen molar-refractivity contribution in [3.8, 4) is 0 Å². The number of amides is 1. The summed E-state index contributed by atoms with van der Waals surface area (Å²) in [5.74, 6) is 0.0564. The van der Waals surface area contributed by atoms with Gasteiger partial charge in [-0.25, -0.2) is 0 Å². The average Bonchev–Trinajstić information content (AvgIpc) is 3.00. The van der Waals surface area contributed by atoms with E-state index in [1.807, 2.05) is 42.5 Å². The first kappa shape index (κ1) is 16.6. The molecule has 1 unspecified atom stereocenters. The summed E-state index contributed by atoms with van der Waals surface area (Å²) in [6.07, 6.45) is 0.749. The summed E-state index contributed by atoms with van der Waals surface area (Å²) < 4.78 is 0. The molecule has 0 fully saturated rings. The first-order chi connectivity index (χ1) is 11.7. The van der Waals surface area contributed by atoms with Crippen molar-refractivity contribution in [2.24, 2.45) is 0 Å². The van der Waals surface area contributed by atoms with E-state index in [9.17, 15) is 4.79 Å². The fourth-order valence-electron chi connectivity index (χ4n) is 2.92. The molecule has 0 aliphatic carbocycles. The molecule has 2 heterocycles. The summed E-state index contributed by atoms with van der Waals surface area (Å²) in [4.78, 5) is 15.1. The Bertz CT molecular complexity index is 829. The van der Waals surface area contributed by atoms with E-state index in [1.165, 1.54) is 16.6 Å². The van der Waals surface area contributed by atoms with Gasteiger partial charge in [-0.15, -0.1) is 0 Å². The Morgan fingerprint density at radius 3 is 2.50 bits per heavy atom. The number of rotatable bonds is 1. The number of benzene rings is 2. The van der Waals surface area contributed by atoms with Crippen molar-refractivity contribution < 1.29 is 4.79 Å². The summed E-state index contributed by atoms with van der Waals surface area (Å²) in [6, 6.07) is 17.6. The summed E-state index contributed by atoms with van der Waals surface area (Å²) in [5.41, 5.74) is 3.62. The van der Waals surface area contributed by atoms with E-state index in [2.05, 4.69) is 27.8 Å². The van der Waals surface area contributed by atoms with E-state index in [-0.39, 0.29) is 11.9 Å². The Morgan fingerprint density at radius 2 is 1.83 bits per heavy atom. The molecular weight excluding hydrogens is 322 g/mol. The van der Waals surface area contributed by atoms with Gasteiger partial charge in [0.05, 0.1) is 6.04 Å². The number of para-hydroxylation sites is 1. The van der Waals surface area contributed by atoms with E-state index in [0.717, 1.165) is 23.5 Å². The van der Waals surface area contributed by atoms with Crippen LogP contribution in [-0.4, -0.2) is 24.0 Å². The van der Waals surface area contributed by atoms with Crippen LogP contribution in [0.1, 0.15) is 11.3 Å². The number of carbonyl (C=O) groups excluding carboxylic acids is 1. The predicted molar refractivity (Wildman–Crippen MR) is 98.1 cm³/mol. The van der Waals surface area contributed by atoms with E-state index in [0.29, 0.717) is 0 Å². The van der Waals surface area contributed by atoms with E-state index < -0.39 is 0 Å². The normalized spacial score (nSPS) is 16.0. The van der Waals surface area contributed by atoms with Crippen molar-refractivity contribution in [1.82, 2.24) is 15.6 Å². The third-order valence-corrected chi connectivity index (χ3v) is 4.38. The molecule has 1 amide bonds. The zero-order chi connectivity index (χ0) is 16.9. The Labute approximate surface area is 146 Å². The molecule has 0 radical (unpaired) electrons. The molecule has 1 aliphatic heterocycles. The highest BCUT2D eigenvalue weighted by atomic mass is 35.5. The highest BCUT2D eigenvalue weighted by Crippen LogP contribution is 2.26. The summed E-state index contributed by atoms with van der Waals surface area (Å²) in [7, 11) is 1.68. The fraction of sp³-hybridized carbons (Fsp3) is 0.211. The van der Waals surface area contributed by atoms with Crippen molar-refractivity contribution in [3.63, 3.8) is 0 Å². The molecule has 2 aromatic carbocycles. The van der Waals surface area contributed by atoms with Gasteiger partial charge in [-0.3, -0.25) is 10.1 Å². The van der Waals surface area contributed by atoms with Crippen LogP contribution in [0.25, 0.3) is 10.9 Å². The van der Waals surface area contributed by atoms with E-state index >= 15 is 0 Å². The molecule has 1 aliphatic rings. The maximum absolute atomic E-state index is 11.7. The van der Waals surface area contributed by atoms with Gasteiger partial charge in [-0.2, -0.15) is 0 Å². The highest BCUT2D eigenvalue weighted by Gasteiger charge is 2.25. The Morgan fingerprint density at radius 1 is 1.12 bits per heavy atom. The molecule has 0 spiro atoms. The van der Waals surface area contributed by atoms with Gasteiger partial charge < -0.3 is 10.3 Å². The van der Waals surface area contributed by atoms with Crippen LogP contribution in [0.3, 0.4) is 0 Å².